The van der Waals surface area contributed by atoms with Crippen molar-refractivity contribution in [1.82, 2.24) is 0 Å². The van der Waals surface area contributed by atoms with Crippen LogP contribution in [0.4, 0.5) is 0 Å². The lowest BCUT2D eigenvalue weighted by Gasteiger charge is -2.05. The fourth-order valence-electron chi connectivity index (χ4n) is 0.817. The summed E-state index contributed by atoms with van der Waals surface area (Å²) in [5, 5.41) is 0. The molecule has 0 aliphatic heterocycles. The van der Waals surface area contributed by atoms with Crippen LogP contribution in [0.5, 0.6) is 0 Å². The van der Waals surface area contributed by atoms with E-state index < -0.39 is 0 Å². The summed E-state index contributed by atoms with van der Waals surface area (Å²) in [6.07, 6.45) is 0. The van der Waals surface area contributed by atoms with Crippen LogP contribution in [0.2, 0.25) is 0 Å². The lowest BCUT2D eigenvalue weighted by molar-refractivity contribution is 0.875. The molecule has 0 saturated carbocycles. The first kappa shape index (κ1) is 7.62. The highest BCUT2D eigenvalue weighted by molar-refractivity contribution is 6.18. The Morgan fingerprint density at radius 2 is 2.10 bits per heavy atom. The molecule has 1 unspecified atom stereocenters. The molecule has 1 radical (unpaired) electrons. The largest absolute Gasteiger partial charge is 0.126 e. The van der Waals surface area contributed by atoms with Gasteiger partial charge in [0.15, 0.2) is 0 Å². The van der Waals surface area contributed by atoms with Gasteiger partial charge in [0.2, 0.25) is 0 Å². The number of hydrogen-bond donors (Lipinski definition) is 0. The summed E-state index contributed by atoms with van der Waals surface area (Å²) >= 11 is 5.68. The molecule has 0 nitrogen and oxygen atoms in total. The van der Waals surface area contributed by atoms with Crippen molar-refractivity contribution in [3.8, 4) is 0 Å². The van der Waals surface area contributed by atoms with Gasteiger partial charge in [-0.05, 0) is 17.5 Å². The van der Waals surface area contributed by atoms with Crippen molar-refractivity contribution in [2.24, 2.45) is 0 Å². The monoisotopic (exact) mass is 153 g/mol. The molecule has 0 bridgehead atoms. The first-order valence-corrected chi connectivity index (χ1v) is 3.90. The zero-order chi connectivity index (χ0) is 7.40. The number of benzene rings is 1. The Bertz CT molecular complexity index is 181. The third kappa shape index (κ3) is 1.74. The van der Waals surface area contributed by atoms with Crippen LogP contribution < -0.4 is 0 Å². The fraction of sp³-hybridized carbons (Fsp3) is 0.333. The zero-order valence-corrected chi connectivity index (χ0v) is 6.73. The highest BCUT2D eigenvalue weighted by atomic mass is 35.5. The average molecular weight is 154 g/mol. The quantitative estimate of drug-likeness (QED) is 0.574. The van der Waals surface area contributed by atoms with Gasteiger partial charge in [-0.15, -0.1) is 11.6 Å². The molecule has 1 aromatic carbocycles. The summed E-state index contributed by atoms with van der Waals surface area (Å²) in [6.45, 7) is 2.11. The van der Waals surface area contributed by atoms with Crippen LogP contribution in [0, 0.1) is 6.07 Å². The molecule has 0 saturated heterocycles. The molecule has 0 N–H and O–H groups in total. The van der Waals surface area contributed by atoms with E-state index in [0.717, 1.165) is 0 Å². The first-order chi connectivity index (χ1) is 4.84. The molecular weight excluding hydrogens is 144 g/mol. The average Bonchev–Trinajstić information content (AvgIpc) is 2.05. The predicted octanol–water partition coefficient (Wildman–Crippen LogP) is 2.83. The van der Waals surface area contributed by atoms with Gasteiger partial charge in [0.25, 0.3) is 0 Å². The van der Waals surface area contributed by atoms with Gasteiger partial charge in [-0.2, -0.15) is 0 Å². The van der Waals surface area contributed by atoms with Crippen molar-refractivity contribution in [3.05, 3.63) is 35.9 Å². The molecule has 1 heteroatoms. The minimum absolute atomic E-state index is 0.455. The second kappa shape index (κ2) is 3.62. The van der Waals surface area contributed by atoms with Gasteiger partial charge in [0.1, 0.15) is 0 Å². The third-order valence-corrected chi connectivity index (χ3v) is 2.01. The SMILES string of the molecule is CC(CCl)c1cc[c]cc1. The van der Waals surface area contributed by atoms with E-state index in [0.29, 0.717) is 11.8 Å². The Morgan fingerprint density at radius 1 is 1.50 bits per heavy atom. The van der Waals surface area contributed by atoms with Crippen LogP contribution in [0.3, 0.4) is 0 Å². The summed E-state index contributed by atoms with van der Waals surface area (Å²) < 4.78 is 0. The standard InChI is InChI=1S/C9H10Cl/c1-8(7-10)9-5-3-2-4-6-9/h3-6,8H,7H2,1H3. The van der Waals surface area contributed by atoms with Crippen LogP contribution in [-0.2, 0) is 0 Å². The van der Waals surface area contributed by atoms with Crippen molar-refractivity contribution in [3.63, 3.8) is 0 Å². The van der Waals surface area contributed by atoms with Crippen LogP contribution >= 0.6 is 11.6 Å². The molecule has 53 valence electrons. The van der Waals surface area contributed by atoms with Crippen molar-refractivity contribution < 1.29 is 0 Å². The molecule has 0 aromatic heterocycles. The van der Waals surface area contributed by atoms with Gasteiger partial charge in [0, 0.05) is 5.88 Å². The maximum absolute atomic E-state index is 5.68. The second-order valence-corrected chi connectivity index (χ2v) is 2.70. The number of rotatable bonds is 2. The molecule has 0 aliphatic rings. The van der Waals surface area contributed by atoms with Crippen LogP contribution in [-0.4, -0.2) is 5.88 Å². The van der Waals surface area contributed by atoms with Gasteiger partial charge in [0.05, 0.1) is 0 Å². The van der Waals surface area contributed by atoms with Crippen molar-refractivity contribution in [2.45, 2.75) is 12.8 Å². The van der Waals surface area contributed by atoms with Gasteiger partial charge in [-0.1, -0.05) is 31.2 Å². The summed E-state index contributed by atoms with van der Waals surface area (Å²) in [7, 11) is 0. The highest BCUT2D eigenvalue weighted by Gasteiger charge is 2.00. The Kier molecular flexibility index (Phi) is 2.76. The van der Waals surface area contributed by atoms with Gasteiger partial charge < -0.3 is 0 Å². The Hall–Kier alpha value is -0.490. The summed E-state index contributed by atoms with van der Waals surface area (Å²) in [5.41, 5.74) is 1.29. The van der Waals surface area contributed by atoms with Gasteiger partial charge >= 0.3 is 0 Å². The molecule has 0 fully saturated rings. The maximum Gasteiger partial charge on any atom is 0.0289 e. The summed E-state index contributed by atoms with van der Waals surface area (Å²) in [4.78, 5) is 0. The minimum atomic E-state index is 0.455. The van der Waals surface area contributed by atoms with Gasteiger partial charge in [-0.25, -0.2) is 0 Å². The molecule has 10 heavy (non-hydrogen) atoms. The summed E-state index contributed by atoms with van der Waals surface area (Å²) in [5.74, 6) is 1.14. The smallest absolute Gasteiger partial charge is 0.0289 e. The number of halogens is 1. The highest BCUT2D eigenvalue weighted by Crippen LogP contribution is 2.14. The Labute approximate surface area is 66.8 Å². The van der Waals surface area contributed by atoms with Crippen LogP contribution in [0.15, 0.2) is 24.3 Å². The second-order valence-electron chi connectivity index (χ2n) is 2.39. The van der Waals surface area contributed by atoms with E-state index in [4.69, 9.17) is 11.6 Å². The van der Waals surface area contributed by atoms with E-state index in [2.05, 4.69) is 13.0 Å². The van der Waals surface area contributed by atoms with E-state index in [-0.39, 0.29) is 0 Å². The topological polar surface area (TPSA) is 0 Å². The predicted molar refractivity (Wildman–Crippen MR) is 44.4 cm³/mol. The van der Waals surface area contributed by atoms with E-state index in [1.54, 1.807) is 0 Å². The molecule has 0 amide bonds. The maximum atomic E-state index is 5.68. The van der Waals surface area contributed by atoms with E-state index in [1.165, 1.54) is 5.56 Å². The molecule has 0 heterocycles. The van der Waals surface area contributed by atoms with Gasteiger partial charge in [-0.3, -0.25) is 0 Å². The third-order valence-electron chi connectivity index (χ3n) is 1.54. The molecule has 0 spiro atoms. The zero-order valence-electron chi connectivity index (χ0n) is 5.97. The lowest BCUT2D eigenvalue weighted by Crippen LogP contribution is -1.92. The molecule has 1 atom stereocenters. The Balaban J connectivity index is 2.75. The van der Waals surface area contributed by atoms with Crippen LogP contribution in [0.1, 0.15) is 18.4 Å². The molecule has 1 aromatic rings. The number of hydrogen-bond acceptors (Lipinski definition) is 0. The first-order valence-electron chi connectivity index (χ1n) is 3.36. The van der Waals surface area contributed by atoms with Crippen LogP contribution in [0.25, 0.3) is 0 Å². The van der Waals surface area contributed by atoms with E-state index >= 15 is 0 Å². The number of alkyl halides is 1. The van der Waals surface area contributed by atoms with Crippen molar-refractivity contribution >= 4 is 11.6 Å². The summed E-state index contributed by atoms with van der Waals surface area (Å²) in [6, 6.07) is 10.9. The lowest BCUT2D eigenvalue weighted by atomic mass is 10.0. The fourth-order valence-corrected chi connectivity index (χ4v) is 0.996. The minimum Gasteiger partial charge on any atom is -0.126 e. The Morgan fingerprint density at radius 3 is 2.60 bits per heavy atom. The molecule has 1 rings (SSSR count). The van der Waals surface area contributed by atoms with Crippen molar-refractivity contribution in [1.29, 1.82) is 0 Å². The van der Waals surface area contributed by atoms with E-state index in [1.807, 2.05) is 24.3 Å². The van der Waals surface area contributed by atoms with Crippen molar-refractivity contribution in [2.75, 3.05) is 5.88 Å². The van der Waals surface area contributed by atoms with E-state index in [9.17, 15) is 0 Å². The molecular formula is C9H10Cl. The molecule has 0 aliphatic carbocycles. The normalized spacial score (nSPS) is 13.0.